The third kappa shape index (κ3) is 2.97. The van der Waals surface area contributed by atoms with Crippen LogP contribution in [0, 0.1) is 11.3 Å². The van der Waals surface area contributed by atoms with Crippen molar-refractivity contribution in [2.45, 2.75) is 32.2 Å². The molecular formula is C15H31N3S. The first-order chi connectivity index (χ1) is 8.91. The maximum Gasteiger partial charge on any atom is 0.0470 e. The van der Waals surface area contributed by atoms with E-state index in [4.69, 9.17) is 5.73 Å². The van der Waals surface area contributed by atoms with Crippen LogP contribution in [-0.4, -0.2) is 67.1 Å². The lowest BCUT2D eigenvalue weighted by molar-refractivity contribution is 0.0113. The molecule has 2 saturated heterocycles. The van der Waals surface area contributed by atoms with E-state index in [0.29, 0.717) is 5.41 Å². The van der Waals surface area contributed by atoms with Crippen molar-refractivity contribution in [2.75, 3.05) is 51.8 Å². The molecule has 0 radical (unpaired) electrons. The normalized spacial score (nSPS) is 36.0. The molecule has 2 rings (SSSR count). The average molecular weight is 286 g/mol. The second-order valence-electron chi connectivity index (χ2n) is 7.22. The van der Waals surface area contributed by atoms with Gasteiger partial charge in [0.25, 0.3) is 0 Å². The predicted molar refractivity (Wildman–Crippen MR) is 85.7 cm³/mol. The number of nitrogens with zero attached hydrogens (tertiary/aromatic N) is 2. The van der Waals surface area contributed by atoms with Gasteiger partial charge in [0.05, 0.1) is 0 Å². The fraction of sp³-hybridized carbons (Fsp3) is 1.00. The van der Waals surface area contributed by atoms with Gasteiger partial charge in [-0.15, -0.1) is 0 Å². The lowest BCUT2D eigenvalue weighted by atomic mass is 9.69. The quantitative estimate of drug-likeness (QED) is 0.853. The van der Waals surface area contributed by atoms with Gasteiger partial charge in [-0.05, 0) is 50.6 Å². The largest absolute Gasteiger partial charge is 0.329 e. The summed E-state index contributed by atoms with van der Waals surface area (Å²) in [6, 6.07) is 0. The SMILES string of the molecule is CN1CCC(CN(C)C2(CN)CSCCC2(C)C)C1. The Labute approximate surface area is 123 Å². The van der Waals surface area contributed by atoms with Crippen LogP contribution in [0.5, 0.6) is 0 Å². The van der Waals surface area contributed by atoms with E-state index in [9.17, 15) is 0 Å². The first kappa shape index (κ1) is 15.6. The number of nitrogens with two attached hydrogens (primary N) is 1. The third-order valence-electron chi connectivity index (χ3n) is 5.56. The van der Waals surface area contributed by atoms with E-state index >= 15 is 0 Å². The average Bonchev–Trinajstić information content (AvgIpc) is 2.74. The molecule has 0 bridgehead atoms. The molecule has 3 nitrogen and oxygen atoms in total. The number of rotatable bonds is 4. The highest BCUT2D eigenvalue weighted by molar-refractivity contribution is 7.99. The van der Waals surface area contributed by atoms with E-state index in [1.807, 2.05) is 0 Å². The fourth-order valence-electron chi connectivity index (χ4n) is 3.85. The highest BCUT2D eigenvalue weighted by atomic mass is 32.2. The summed E-state index contributed by atoms with van der Waals surface area (Å²) in [6.07, 6.45) is 2.62. The minimum Gasteiger partial charge on any atom is -0.329 e. The zero-order valence-electron chi connectivity index (χ0n) is 13.1. The maximum absolute atomic E-state index is 6.25. The van der Waals surface area contributed by atoms with Crippen LogP contribution in [0.4, 0.5) is 0 Å². The van der Waals surface area contributed by atoms with Crippen molar-refractivity contribution in [1.29, 1.82) is 0 Å². The van der Waals surface area contributed by atoms with E-state index < -0.39 is 0 Å². The van der Waals surface area contributed by atoms with Crippen LogP contribution < -0.4 is 5.73 Å². The minimum atomic E-state index is 0.178. The van der Waals surface area contributed by atoms with Crippen molar-refractivity contribution in [3.05, 3.63) is 0 Å². The Hall–Kier alpha value is 0.230. The molecule has 0 aliphatic carbocycles. The Morgan fingerprint density at radius 3 is 2.68 bits per heavy atom. The van der Waals surface area contributed by atoms with Crippen molar-refractivity contribution in [3.8, 4) is 0 Å². The Balaban J connectivity index is 2.07. The van der Waals surface area contributed by atoms with E-state index in [1.54, 1.807) is 0 Å². The van der Waals surface area contributed by atoms with Gasteiger partial charge < -0.3 is 10.6 Å². The summed E-state index contributed by atoms with van der Waals surface area (Å²) in [7, 11) is 4.54. The highest BCUT2D eigenvalue weighted by Gasteiger charge is 2.49. The summed E-state index contributed by atoms with van der Waals surface area (Å²) in [5.74, 6) is 3.30. The monoisotopic (exact) mass is 285 g/mol. The first-order valence-corrected chi connectivity index (χ1v) is 8.74. The van der Waals surface area contributed by atoms with E-state index in [0.717, 1.165) is 12.5 Å². The molecule has 2 N–H and O–H groups in total. The molecule has 0 aromatic carbocycles. The number of hydrogen-bond donors (Lipinski definition) is 1. The van der Waals surface area contributed by atoms with E-state index in [2.05, 4.69) is 49.5 Å². The van der Waals surface area contributed by atoms with Gasteiger partial charge >= 0.3 is 0 Å². The number of likely N-dealkylation sites (tertiary alicyclic amines) is 1. The van der Waals surface area contributed by atoms with Crippen molar-refractivity contribution in [2.24, 2.45) is 17.1 Å². The lowest BCUT2D eigenvalue weighted by Gasteiger charge is -2.55. The Kier molecular flexibility index (Phi) is 4.87. The van der Waals surface area contributed by atoms with Crippen molar-refractivity contribution < 1.29 is 0 Å². The molecular weight excluding hydrogens is 254 g/mol. The van der Waals surface area contributed by atoms with E-state index in [1.165, 1.54) is 44.0 Å². The standard InChI is InChI=1S/C15H31N3S/c1-14(2)6-8-19-12-15(14,11-16)18(4)10-13-5-7-17(3)9-13/h13H,5-12,16H2,1-4H3. The summed E-state index contributed by atoms with van der Waals surface area (Å²) in [5, 5.41) is 0. The zero-order valence-corrected chi connectivity index (χ0v) is 13.9. The van der Waals surface area contributed by atoms with Gasteiger partial charge in [-0.3, -0.25) is 4.90 Å². The number of hydrogen-bond acceptors (Lipinski definition) is 4. The topological polar surface area (TPSA) is 32.5 Å². The summed E-state index contributed by atoms with van der Waals surface area (Å²) in [4.78, 5) is 5.05. The minimum absolute atomic E-state index is 0.178. The van der Waals surface area contributed by atoms with Crippen LogP contribution in [0.2, 0.25) is 0 Å². The van der Waals surface area contributed by atoms with Crippen LogP contribution in [0.15, 0.2) is 0 Å². The molecule has 2 aliphatic heterocycles. The molecule has 4 heteroatoms. The van der Waals surface area contributed by atoms with Crippen LogP contribution >= 0.6 is 11.8 Å². The predicted octanol–water partition coefficient (Wildman–Crippen LogP) is 1.73. The molecule has 0 aromatic rings. The van der Waals surface area contributed by atoms with Crippen LogP contribution in [0.1, 0.15) is 26.7 Å². The molecule has 0 amide bonds. The molecule has 2 heterocycles. The lowest BCUT2D eigenvalue weighted by Crippen LogP contribution is -2.65. The van der Waals surface area contributed by atoms with E-state index in [-0.39, 0.29) is 5.54 Å². The van der Waals surface area contributed by atoms with Gasteiger partial charge in [-0.25, -0.2) is 0 Å². The van der Waals surface area contributed by atoms with Crippen LogP contribution in [0.3, 0.4) is 0 Å². The van der Waals surface area contributed by atoms with Crippen molar-refractivity contribution >= 4 is 11.8 Å². The van der Waals surface area contributed by atoms with Crippen molar-refractivity contribution in [3.63, 3.8) is 0 Å². The molecule has 2 fully saturated rings. The van der Waals surface area contributed by atoms with Crippen LogP contribution in [-0.2, 0) is 0 Å². The summed E-state index contributed by atoms with van der Waals surface area (Å²) >= 11 is 2.08. The Morgan fingerprint density at radius 1 is 1.42 bits per heavy atom. The summed E-state index contributed by atoms with van der Waals surface area (Å²) < 4.78 is 0. The molecule has 0 aromatic heterocycles. The second kappa shape index (κ2) is 5.92. The van der Waals surface area contributed by atoms with Crippen molar-refractivity contribution in [1.82, 2.24) is 9.80 Å². The highest BCUT2D eigenvalue weighted by Crippen LogP contribution is 2.45. The fourth-order valence-corrected chi connectivity index (χ4v) is 5.72. The molecule has 2 aliphatic rings. The molecule has 0 saturated carbocycles. The first-order valence-electron chi connectivity index (χ1n) is 7.59. The zero-order chi connectivity index (χ0) is 14.1. The van der Waals surface area contributed by atoms with Gasteiger partial charge in [0.15, 0.2) is 0 Å². The Bertz CT molecular complexity index is 308. The number of likely N-dealkylation sites (N-methyl/N-ethyl adjacent to an activating group) is 1. The van der Waals surface area contributed by atoms with Gasteiger partial charge in [0.1, 0.15) is 0 Å². The van der Waals surface area contributed by atoms with Gasteiger partial charge in [0.2, 0.25) is 0 Å². The molecule has 2 unspecified atom stereocenters. The maximum atomic E-state index is 6.25. The van der Waals surface area contributed by atoms with Gasteiger partial charge in [0, 0.05) is 30.9 Å². The second-order valence-corrected chi connectivity index (χ2v) is 8.32. The third-order valence-corrected chi connectivity index (χ3v) is 6.74. The molecule has 112 valence electrons. The smallest absolute Gasteiger partial charge is 0.0470 e. The molecule has 2 atom stereocenters. The van der Waals surface area contributed by atoms with Gasteiger partial charge in [-0.1, -0.05) is 13.8 Å². The summed E-state index contributed by atoms with van der Waals surface area (Å²) in [5.41, 5.74) is 6.75. The van der Waals surface area contributed by atoms with Crippen LogP contribution in [0.25, 0.3) is 0 Å². The Morgan fingerprint density at radius 2 is 2.16 bits per heavy atom. The molecule has 19 heavy (non-hydrogen) atoms. The number of thioether (sulfide) groups is 1. The van der Waals surface area contributed by atoms with Gasteiger partial charge in [-0.2, -0.15) is 11.8 Å². The summed E-state index contributed by atoms with van der Waals surface area (Å²) in [6.45, 7) is 9.32. The molecule has 0 spiro atoms.